The van der Waals surface area contributed by atoms with E-state index in [9.17, 15) is 18.0 Å². The SMILES string of the molecule is Cc1cccc(NS(=O)(=O)c2cc(C(=O)OCC(=O)NC3CCCC(C)C3C)ccc2C)c1. The van der Waals surface area contributed by atoms with Crippen molar-refractivity contribution in [2.45, 2.75) is 57.9 Å². The average Bonchev–Trinajstić information content (AvgIpc) is 2.75. The number of sulfonamides is 1. The van der Waals surface area contributed by atoms with Gasteiger partial charge in [0.05, 0.1) is 10.5 Å². The fraction of sp³-hybridized carbons (Fsp3) is 0.440. The molecule has 3 unspecified atom stereocenters. The molecule has 33 heavy (non-hydrogen) atoms. The number of carbonyl (C=O) groups excluding carboxylic acids is 2. The van der Waals surface area contributed by atoms with Crippen molar-refractivity contribution in [3.8, 4) is 0 Å². The number of rotatable bonds is 7. The maximum absolute atomic E-state index is 12.9. The Labute approximate surface area is 196 Å². The first-order valence-corrected chi connectivity index (χ1v) is 12.7. The predicted molar refractivity (Wildman–Crippen MR) is 128 cm³/mol. The molecule has 0 spiro atoms. The summed E-state index contributed by atoms with van der Waals surface area (Å²) in [6.07, 6.45) is 3.13. The number of benzene rings is 2. The van der Waals surface area contributed by atoms with Gasteiger partial charge in [-0.1, -0.05) is 44.9 Å². The Bertz CT molecular complexity index is 1130. The highest BCUT2D eigenvalue weighted by Crippen LogP contribution is 2.29. The summed E-state index contributed by atoms with van der Waals surface area (Å²) in [5, 5.41) is 2.96. The normalized spacial score (nSPS) is 20.7. The molecule has 2 aromatic rings. The van der Waals surface area contributed by atoms with Crippen LogP contribution in [0.3, 0.4) is 0 Å². The molecule has 0 bridgehead atoms. The number of carbonyl (C=O) groups is 2. The van der Waals surface area contributed by atoms with Gasteiger partial charge in [-0.25, -0.2) is 13.2 Å². The van der Waals surface area contributed by atoms with Gasteiger partial charge in [-0.2, -0.15) is 0 Å². The lowest BCUT2D eigenvalue weighted by Gasteiger charge is -2.34. The fourth-order valence-electron chi connectivity index (χ4n) is 4.18. The van der Waals surface area contributed by atoms with E-state index < -0.39 is 22.6 Å². The summed E-state index contributed by atoms with van der Waals surface area (Å²) in [6.45, 7) is 7.42. The van der Waals surface area contributed by atoms with Gasteiger partial charge in [0.25, 0.3) is 15.9 Å². The standard InChI is InChI=1S/C25H32N2O5S/c1-16-7-5-9-21(13-16)27-33(30,31)23-14-20(12-11-18(23)3)25(29)32-15-24(28)26-22-10-6-8-17(2)19(22)4/h5,7,9,11-14,17,19,22,27H,6,8,10,15H2,1-4H3,(H,26,28). The number of ether oxygens (including phenoxy) is 1. The van der Waals surface area contributed by atoms with Crippen LogP contribution in [0, 0.1) is 25.7 Å². The highest BCUT2D eigenvalue weighted by Gasteiger charge is 2.28. The van der Waals surface area contributed by atoms with Crippen molar-refractivity contribution in [2.24, 2.45) is 11.8 Å². The molecule has 0 radical (unpaired) electrons. The van der Waals surface area contributed by atoms with E-state index in [-0.39, 0.29) is 22.4 Å². The Morgan fingerprint density at radius 3 is 2.55 bits per heavy atom. The zero-order valence-electron chi connectivity index (χ0n) is 19.6. The molecule has 1 fully saturated rings. The van der Waals surface area contributed by atoms with Crippen LogP contribution in [0.25, 0.3) is 0 Å². The molecule has 8 heteroatoms. The summed E-state index contributed by atoms with van der Waals surface area (Å²) in [5.41, 5.74) is 1.91. The van der Waals surface area contributed by atoms with Gasteiger partial charge in [-0.3, -0.25) is 9.52 Å². The second-order valence-electron chi connectivity index (χ2n) is 8.97. The number of amides is 1. The third kappa shape index (κ3) is 6.35. The lowest BCUT2D eigenvalue weighted by Crippen LogP contribution is -2.45. The zero-order chi connectivity index (χ0) is 24.2. The summed E-state index contributed by atoms with van der Waals surface area (Å²) in [7, 11) is -3.92. The van der Waals surface area contributed by atoms with Gasteiger partial charge in [0.15, 0.2) is 6.61 Å². The van der Waals surface area contributed by atoms with Crippen LogP contribution in [-0.4, -0.2) is 32.9 Å². The molecule has 3 rings (SSSR count). The average molecular weight is 473 g/mol. The van der Waals surface area contributed by atoms with E-state index in [4.69, 9.17) is 4.74 Å². The number of hydrogen-bond donors (Lipinski definition) is 2. The molecule has 178 valence electrons. The molecule has 0 aromatic heterocycles. The lowest BCUT2D eigenvalue weighted by atomic mass is 9.78. The molecule has 2 aromatic carbocycles. The molecule has 3 atom stereocenters. The predicted octanol–water partition coefficient (Wildman–Crippen LogP) is 4.20. The number of anilines is 1. The van der Waals surface area contributed by atoms with Crippen molar-refractivity contribution in [2.75, 3.05) is 11.3 Å². The highest BCUT2D eigenvalue weighted by molar-refractivity contribution is 7.92. The monoisotopic (exact) mass is 472 g/mol. The van der Waals surface area contributed by atoms with Crippen LogP contribution in [0.1, 0.15) is 54.6 Å². The first-order valence-electron chi connectivity index (χ1n) is 11.2. The second kappa shape index (κ2) is 10.4. The first-order chi connectivity index (χ1) is 15.6. The van der Waals surface area contributed by atoms with Gasteiger partial charge < -0.3 is 10.1 Å². The lowest BCUT2D eigenvalue weighted by molar-refractivity contribution is -0.125. The quantitative estimate of drug-likeness (QED) is 0.588. The Balaban J connectivity index is 1.65. The van der Waals surface area contributed by atoms with Crippen LogP contribution in [0.2, 0.25) is 0 Å². The Kier molecular flexibility index (Phi) is 7.79. The summed E-state index contributed by atoms with van der Waals surface area (Å²) < 4.78 is 33.6. The van der Waals surface area contributed by atoms with Crippen LogP contribution in [-0.2, 0) is 19.6 Å². The fourth-order valence-corrected chi connectivity index (χ4v) is 5.51. The van der Waals surface area contributed by atoms with Crippen molar-refractivity contribution in [3.63, 3.8) is 0 Å². The largest absolute Gasteiger partial charge is 0.452 e. The summed E-state index contributed by atoms with van der Waals surface area (Å²) >= 11 is 0. The van der Waals surface area contributed by atoms with Crippen LogP contribution < -0.4 is 10.0 Å². The molecular formula is C25H32N2O5S. The number of aryl methyl sites for hydroxylation is 2. The van der Waals surface area contributed by atoms with Gasteiger partial charge in [-0.05, 0) is 67.5 Å². The maximum Gasteiger partial charge on any atom is 0.338 e. The second-order valence-corrected chi connectivity index (χ2v) is 10.6. The van der Waals surface area contributed by atoms with Crippen LogP contribution in [0.15, 0.2) is 47.4 Å². The van der Waals surface area contributed by atoms with Crippen molar-refractivity contribution in [1.29, 1.82) is 0 Å². The third-order valence-corrected chi connectivity index (χ3v) is 7.89. The van der Waals surface area contributed by atoms with Crippen molar-refractivity contribution in [3.05, 3.63) is 59.2 Å². The molecule has 0 aliphatic heterocycles. The van der Waals surface area contributed by atoms with Crippen LogP contribution >= 0.6 is 0 Å². The van der Waals surface area contributed by atoms with Gasteiger partial charge in [0.1, 0.15) is 0 Å². The molecule has 1 aliphatic rings. The molecule has 1 aliphatic carbocycles. The van der Waals surface area contributed by atoms with E-state index in [0.717, 1.165) is 24.8 Å². The minimum absolute atomic E-state index is 0.0204. The number of nitrogens with one attached hydrogen (secondary N) is 2. The van der Waals surface area contributed by atoms with Gasteiger partial charge >= 0.3 is 5.97 Å². The van der Waals surface area contributed by atoms with Crippen molar-refractivity contribution in [1.82, 2.24) is 5.32 Å². The van der Waals surface area contributed by atoms with E-state index in [2.05, 4.69) is 23.9 Å². The van der Waals surface area contributed by atoms with Gasteiger partial charge in [-0.15, -0.1) is 0 Å². The van der Waals surface area contributed by atoms with Crippen molar-refractivity contribution >= 4 is 27.6 Å². The molecule has 1 saturated carbocycles. The number of esters is 1. The van der Waals surface area contributed by atoms with Crippen LogP contribution in [0.4, 0.5) is 5.69 Å². The molecular weight excluding hydrogens is 440 g/mol. The van der Waals surface area contributed by atoms with Crippen molar-refractivity contribution < 1.29 is 22.7 Å². The maximum atomic E-state index is 12.9. The third-order valence-electron chi connectivity index (χ3n) is 6.37. The summed E-state index contributed by atoms with van der Waals surface area (Å²) in [4.78, 5) is 24.8. The molecule has 0 heterocycles. The van der Waals surface area contributed by atoms with E-state index in [1.807, 2.05) is 13.0 Å². The van der Waals surface area contributed by atoms with Crippen LogP contribution in [0.5, 0.6) is 0 Å². The molecule has 0 saturated heterocycles. The minimum atomic E-state index is -3.92. The zero-order valence-corrected chi connectivity index (χ0v) is 20.4. The van der Waals surface area contributed by atoms with Gasteiger partial charge in [0, 0.05) is 11.7 Å². The first kappa shape index (κ1) is 24.8. The van der Waals surface area contributed by atoms with E-state index >= 15 is 0 Å². The Morgan fingerprint density at radius 2 is 1.82 bits per heavy atom. The molecule has 2 N–H and O–H groups in total. The highest BCUT2D eigenvalue weighted by atomic mass is 32.2. The van der Waals surface area contributed by atoms with E-state index in [1.165, 1.54) is 12.1 Å². The summed E-state index contributed by atoms with van der Waals surface area (Å²) in [6, 6.07) is 11.4. The minimum Gasteiger partial charge on any atom is -0.452 e. The van der Waals surface area contributed by atoms with E-state index in [1.54, 1.807) is 31.2 Å². The molecule has 1 amide bonds. The Morgan fingerprint density at radius 1 is 1.06 bits per heavy atom. The van der Waals surface area contributed by atoms with E-state index in [0.29, 0.717) is 23.1 Å². The summed E-state index contributed by atoms with van der Waals surface area (Å²) in [5.74, 6) is -0.199. The Hall–Kier alpha value is -2.87. The topological polar surface area (TPSA) is 102 Å². The van der Waals surface area contributed by atoms with Gasteiger partial charge in [0.2, 0.25) is 0 Å². The number of hydrogen-bond acceptors (Lipinski definition) is 5. The molecule has 7 nitrogen and oxygen atoms in total. The smallest absolute Gasteiger partial charge is 0.338 e.